The normalized spacial score (nSPS) is 32.8. The van der Waals surface area contributed by atoms with Gasteiger partial charge in [-0.3, -0.25) is 0 Å². The van der Waals surface area contributed by atoms with E-state index in [0.717, 1.165) is 50.5 Å². The van der Waals surface area contributed by atoms with Crippen molar-refractivity contribution in [2.45, 2.75) is 77.4 Å². The standard InChI is InChI=1S/C20H34O3/c1-15-6-4-7-16(13-21)8-5-9-17(14-22)19-12-18(11-10-15)20(2,3)23-19/h6,8,17-19,21-22H,4-5,7,9-14H2,1-3H3. The fourth-order valence-corrected chi connectivity index (χ4v) is 4.00. The molecule has 2 aliphatic rings. The highest BCUT2D eigenvalue weighted by molar-refractivity contribution is 5.07. The fourth-order valence-electron chi connectivity index (χ4n) is 4.00. The Hall–Kier alpha value is -0.640. The Morgan fingerprint density at radius 1 is 1.13 bits per heavy atom. The highest BCUT2D eigenvalue weighted by Gasteiger charge is 2.43. The highest BCUT2D eigenvalue weighted by atomic mass is 16.5. The van der Waals surface area contributed by atoms with Crippen molar-refractivity contribution in [3.63, 3.8) is 0 Å². The van der Waals surface area contributed by atoms with E-state index in [9.17, 15) is 10.2 Å². The van der Waals surface area contributed by atoms with Gasteiger partial charge in [-0.2, -0.15) is 0 Å². The summed E-state index contributed by atoms with van der Waals surface area (Å²) in [7, 11) is 0. The van der Waals surface area contributed by atoms with Crippen molar-refractivity contribution in [3.8, 4) is 0 Å². The van der Waals surface area contributed by atoms with Gasteiger partial charge in [-0.1, -0.05) is 17.7 Å². The van der Waals surface area contributed by atoms with Gasteiger partial charge in [0.2, 0.25) is 0 Å². The third-order valence-corrected chi connectivity index (χ3v) is 5.73. The average molecular weight is 322 g/mol. The molecule has 1 aliphatic carbocycles. The predicted octanol–water partition coefficient (Wildman–Crippen LogP) is 4.00. The van der Waals surface area contributed by atoms with Crippen LogP contribution in [0.3, 0.4) is 0 Å². The van der Waals surface area contributed by atoms with E-state index in [1.807, 2.05) is 0 Å². The monoisotopic (exact) mass is 322 g/mol. The summed E-state index contributed by atoms with van der Waals surface area (Å²) in [6, 6.07) is 0. The van der Waals surface area contributed by atoms with Crippen LogP contribution in [-0.4, -0.2) is 35.1 Å². The van der Waals surface area contributed by atoms with Crippen LogP contribution in [0.4, 0.5) is 0 Å². The summed E-state index contributed by atoms with van der Waals surface area (Å²) in [4.78, 5) is 0. The molecular weight excluding hydrogens is 288 g/mol. The van der Waals surface area contributed by atoms with Crippen molar-refractivity contribution in [2.75, 3.05) is 13.2 Å². The van der Waals surface area contributed by atoms with Crippen LogP contribution in [0.2, 0.25) is 0 Å². The number of allylic oxidation sites excluding steroid dienone is 3. The molecule has 1 saturated heterocycles. The van der Waals surface area contributed by atoms with Gasteiger partial charge in [-0.25, -0.2) is 0 Å². The van der Waals surface area contributed by atoms with E-state index in [2.05, 4.69) is 32.9 Å². The first-order chi connectivity index (χ1) is 11.0. The van der Waals surface area contributed by atoms with E-state index in [1.165, 1.54) is 5.57 Å². The first-order valence-corrected chi connectivity index (χ1v) is 9.19. The number of rotatable bonds is 2. The zero-order valence-corrected chi connectivity index (χ0v) is 15.1. The topological polar surface area (TPSA) is 49.7 Å². The Balaban J connectivity index is 2.14. The van der Waals surface area contributed by atoms with Crippen molar-refractivity contribution in [1.29, 1.82) is 0 Å². The van der Waals surface area contributed by atoms with Crippen LogP contribution in [0.15, 0.2) is 23.3 Å². The summed E-state index contributed by atoms with van der Waals surface area (Å²) >= 11 is 0. The number of hydrogen-bond acceptors (Lipinski definition) is 3. The lowest BCUT2D eigenvalue weighted by Crippen LogP contribution is -2.30. The van der Waals surface area contributed by atoms with Gasteiger partial charge < -0.3 is 14.9 Å². The van der Waals surface area contributed by atoms with E-state index in [-0.39, 0.29) is 30.8 Å². The molecule has 23 heavy (non-hydrogen) atoms. The third kappa shape index (κ3) is 5.17. The molecule has 0 radical (unpaired) electrons. The molecule has 0 aromatic heterocycles. The van der Waals surface area contributed by atoms with Crippen LogP contribution in [0, 0.1) is 11.8 Å². The van der Waals surface area contributed by atoms with E-state index in [4.69, 9.17) is 4.74 Å². The summed E-state index contributed by atoms with van der Waals surface area (Å²) in [5.74, 6) is 0.770. The van der Waals surface area contributed by atoms with Gasteiger partial charge >= 0.3 is 0 Å². The van der Waals surface area contributed by atoms with Gasteiger partial charge in [0.25, 0.3) is 0 Å². The van der Waals surface area contributed by atoms with Crippen LogP contribution in [0.25, 0.3) is 0 Å². The van der Waals surface area contributed by atoms with Gasteiger partial charge in [0.1, 0.15) is 0 Å². The second-order valence-corrected chi connectivity index (χ2v) is 7.86. The van der Waals surface area contributed by atoms with Gasteiger partial charge in [-0.15, -0.1) is 0 Å². The van der Waals surface area contributed by atoms with Crippen molar-refractivity contribution < 1.29 is 14.9 Å². The lowest BCUT2D eigenvalue weighted by molar-refractivity contribution is -0.0630. The van der Waals surface area contributed by atoms with Gasteiger partial charge in [-0.05, 0) is 77.2 Å². The third-order valence-electron chi connectivity index (χ3n) is 5.73. The summed E-state index contributed by atoms with van der Waals surface area (Å²) in [5.41, 5.74) is 2.47. The molecule has 1 heterocycles. The maximum atomic E-state index is 9.79. The molecule has 0 aromatic carbocycles. The van der Waals surface area contributed by atoms with E-state index in [0.29, 0.717) is 5.92 Å². The second-order valence-electron chi connectivity index (χ2n) is 7.86. The molecule has 3 unspecified atom stereocenters. The van der Waals surface area contributed by atoms with E-state index >= 15 is 0 Å². The summed E-state index contributed by atoms with van der Waals surface area (Å²) in [6.45, 7) is 6.95. The molecule has 0 saturated carbocycles. The number of ether oxygens (including phenoxy) is 1. The zero-order chi connectivity index (χ0) is 16.9. The van der Waals surface area contributed by atoms with Gasteiger partial charge in [0.05, 0.1) is 18.3 Å². The first kappa shape index (κ1) is 18.7. The molecule has 0 spiro atoms. The summed E-state index contributed by atoms with van der Waals surface area (Å²) < 4.78 is 6.33. The van der Waals surface area contributed by atoms with Crippen molar-refractivity contribution in [3.05, 3.63) is 23.3 Å². The maximum absolute atomic E-state index is 9.79. The van der Waals surface area contributed by atoms with Crippen molar-refractivity contribution in [1.82, 2.24) is 0 Å². The first-order valence-electron chi connectivity index (χ1n) is 9.19. The van der Waals surface area contributed by atoms with Crippen LogP contribution in [0.1, 0.15) is 65.7 Å². The maximum Gasteiger partial charge on any atom is 0.0659 e. The molecule has 3 nitrogen and oxygen atoms in total. The minimum absolute atomic E-state index is 0.0926. The molecule has 1 aliphatic heterocycles. The average Bonchev–Trinajstić information content (AvgIpc) is 2.81. The number of hydrogen-bond donors (Lipinski definition) is 2. The van der Waals surface area contributed by atoms with Crippen LogP contribution >= 0.6 is 0 Å². The Bertz CT molecular complexity index is 436. The molecule has 2 N–H and O–H groups in total. The zero-order valence-electron chi connectivity index (χ0n) is 15.1. The van der Waals surface area contributed by atoms with E-state index in [1.54, 1.807) is 0 Å². The largest absolute Gasteiger partial charge is 0.396 e. The van der Waals surface area contributed by atoms with E-state index < -0.39 is 0 Å². The molecule has 0 amide bonds. The smallest absolute Gasteiger partial charge is 0.0659 e. The molecule has 132 valence electrons. The Morgan fingerprint density at radius 2 is 1.91 bits per heavy atom. The fraction of sp³-hybridized carbons (Fsp3) is 0.800. The molecule has 1 fully saturated rings. The SMILES string of the molecule is CC1=CCCC(CO)=CCCC(CO)C2CC(CC1)C(C)(C)O2. The molecule has 0 aromatic rings. The Morgan fingerprint density at radius 3 is 2.61 bits per heavy atom. The second kappa shape index (κ2) is 8.46. The van der Waals surface area contributed by atoms with Gasteiger partial charge in [0, 0.05) is 12.5 Å². The minimum Gasteiger partial charge on any atom is -0.396 e. The predicted molar refractivity (Wildman–Crippen MR) is 94.3 cm³/mol. The molecular formula is C20H34O3. The quantitative estimate of drug-likeness (QED) is 0.756. The molecule has 3 atom stereocenters. The molecule has 2 rings (SSSR count). The minimum atomic E-state index is -0.0926. The van der Waals surface area contributed by atoms with Gasteiger partial charge in [0.15, 0.2) is 0 Å². The summed E-state index contributed by atoms with van der Waals surface area (Å²) in [6.07, 6.45) is 11.8. The van der Waals surface area contributed by atoms with Crippen LogP contribution < -0.4 is 0 Å². The molecule has 2 bridgehead atoms. The Labute approximate surface area is 141 Å². The number of aliphatic hydroxyl groups is 2. The lowest BCUT2D eigenvalue weighted by Gasteiger charge is -2.27. The van der Waals surface area contributed by atoms with Crippen molar-refractivity contribution in [2.24, 2.45) is 11.8 Å². The summed E-state index contributed by atoms with van der Waals surface area (Å²) in [5, 5.41) is 19.3. The van der Waals surface area contributed by atoms with Crippen molar-refractivity contribution >= 4 is 0 Å². The highest BCUT2D eigenvalue weighted by Crippen LogP contribution is 2.42. The number of aliphatic hydroxyl groups excluding tert-OH is 2. The lowest BCUT2D eigenvalue weighted by atomic mass is 9.82. The van der Waals surface area contributed by atoms with Crippen LogP contribution in [-0.2, 0) is 4.74 Å². The van der Waals surface area contributed by atoms with Crippen LogP contribution in [0.5, 0.6) is 0 Å². The number of fused-ring (bicyclic) bond motifs is 2. The molecule has 3 heteroatoms. The Kier molecular flexibility index (Phi) is 6.87.